The lowest BCUT2D eigenvalue weighted by atomic mass is 10.0. The second-order valence-electron chi connectivity index (χ2n) is 4.87. The van der Waals surface area contributed by atoms with Gasteiger partial charge in [0, 0.05) is 11.3 Å². The van der Waals surface area contributed by atoms with Crippen LogP contribution in [0.3, 0.4) is 0 Å². The normalized spacial score (nSPS) is 15.1. The SMILES string of the molecule is CNC(c1ccc2c(c1)CCO2)c1sc(C)nc1C. The van der Waals surface area contributed by atoms with Crippen molar-refractivity contribution in [1.29, 1.82) is 0 Å². The van der Waals surface area contributed by atoms with Crippen LogP contribution in [0, 0.1) is 13.8 Å². The van der Waals surface area contributed by atoms with Gasteiger partial charge in [0.25, 0.3) is 0 Å². The first kappa shape index (κ1) is 12.6. The highest BCUT2D eigenvalue weighted by Crippen LogP contribution is 2.33. The van der Waals surface area contributed by atoms with Crippen molar-refractivity contribution < 1.29 is 4.74 Å². The second-order valence-corrected chi connectivity index (χ2v) is 6.10. The Morgan fingerprint density at radius 2 is 2.21 bits per heavy atom. The molecule has 0 aliphatic carbocycles. The molecule has 1 aliphatic rings. The number of thiazole rings is 1. The number of hydrogen-bond acceptors (Lipinski definition) is 4. The Kier molecular flexibility index (Phi) is 3.29. The maximum atomic E-state index is 5.57. The van der Waals surface area contributed by atoms with Crippen LogP contribution in [0.5, 0.6) is 5.75 Å². The van der Waals surface area contributed by atoms with E-state index in [-0.39, 0.29) is 6.04 Å². The number of benzene rings is 1. The summed E-state index contributed by atoms with van der Waals surface area (Å²) in [5.41, 5.74) is 3.73. The predicted molar refractivity (Wildman–Crippen MR) is 78.1 cm³/mol. The summed E-state index contributed by atoms with van der Waals surface area (Å²) in [6.45, 7) is 4.95. The number of nitrogens with zero attached hydrogens (tertiary/aromatic N) is 1. The fraction of sp³-hybridized carbons (Fsp3) is 0.400. The van der Waals surface area contributed by atoms with Gasteiger partial charge in [-0.25, -0.2) is 4.98 Å². The number of rotatable bonds is 3. The predicted octanol–water partition coefficient (Wildman–Crippen LogP) is 3.00. The molecular formula is C15H18N2OS. The third-order valence-corrected chi connectivity index (χ3v) is 4.67. The molecule has 3 nitrogen and oxygen atoms in total. The monoisotopic (exact) mass is 274 g/mol. The standard InChI is InChI=1S/C15H18N2OS/c1-9-15(19-10(2)17-9)14(16-3)12-4-5-13-11(8-12)6-7-18-13/h4-5,8,14,16H,6-7H2,1-3H3. The maximum absolute atomic E-state index is 5.57. The zero-order valence-corrected chi connectivity index (χ0v) is 12.3. The van der Waals surface area contributed by atoms with Crippen molar-refractivity contribution in [3.63, 3.8) is 0 Å². The van der Waals surface area contributed by atoms with E-state index in [0.717, 1.165) is 29.5 Å². The van der Waals surface area contributed by atoms with E-state index in [4.69, 9.17) is 4.74 Å². The summed E-state index contributed by atoms with van der Waals surface area (Å²) in [4.78, 5) is 5.84. The largest absolute Gasteiger partial charge is 0.493 e. The van der Waals surface area contributed by atoms with E-state index in [1.165, 1.54) is 16.0 Å². The Balaban J connectivity index is 2.00. The van der Waals surface area contributed by atoms with Crippen molar-refractivity contribution >= 4 is 11.3 Å². The van der Waals surface area contributed by atoms with Gasteiger partial charge in [-0.15, -0.1) is 11.3 Å². The number of aryl methyl sites for hydroxylation is 2. The smallest absolute Gasteiger partial charge is 0.122 e. The van der Waals surface area contributed by atoms with Gasteiger partial charge in [-0.1, -0.05) is 12.1 Å². The number of nitrogens with one attached hydrogen (secondary N) is 1. The van der Waals surface area contributed by atoms with E-state index >= 15 is 0 Å². The molecule has 1 N–H and O–H groups in total. The molecule has 0 saturated heterocycles. The van der Waals surface area contributed by atoms with Crippen LogP contribution < -0.4 is 10.1 Å². The summed E-state index contributed by atoms with van der Waals surface area (Å²) in [6.07, 6.45) is 1.01. The average molecular weight is 274 g/mol. The van der Waals surface area contributed by atoms with Gasteiger partial charge in [-0.2, -0.15) is 0 Å². The molecule has 4 heteroatoms. The lowest BCUT2D eigenvalue weighted by Crippen LogP contribution is -2.17. The molecule has 0 radical (unpaired) electrons. The zero-order chi connectivity index (χ0) is 13.4. The van der Waals surface area contributed by atoms with Gasteiger partial charge in [0.05, 0.1) is 23.4 Å². The molecule has 0 amide bonds. The molecule has 2 aromatic rings. The topological polar surface area (TPSA) is 34.1 Å². The van der Waals surface area contributed by atoms with Crippen LogP contribution in [0.2, 0.25) is 0 Å². The molecule has 0 fully saturated rings. The van der Waals surface area contributed by atoms with Gasteiger partial charge in [0.2, 0.25) is 0 Å². The molecule has 1 aliphatic heterocycles. The molecule has 0 spiro atoms. The minimum absolute atomic E-state index is 0.220. The molecule has 100 valence electrons. The Bertz CT molecular complexity index is 606. The van der Waals surface area contributed by atoms with Crippen molar-refractivity contribution in [3.05, 3.63) is 44.9 Å². The molecule has 1 aromatic carbocycles. The molecule has 1 unspecified atom stereocenters. The first-order valence-electron chi connectivity index (χ1n) is 6.56. The highest BCUT2D eigenvalue weighted by Gasteiger charge is 2.20. The fourth-order valence-electron chi connectivity index (χ4n) is 2.65. The van der Waals surface area contributed by atoms with Crippen molar-refractivity contribution in [1.82, 2.24) is 10.3 Å². The summed E-state index contributed by atoms with van der Waals surface area (Å²) in [6, 6.07) is 6.72. The van der Waals surface area contributed by atoms with Gasteiger partial charge in [-0.3, -0.25) is 0 Å². The second kappa shape index (κ2) is 4.94. The van der Waals surface area contributed by atoms with Crippen LogP contribution in [0.4, 0.5) is 0 Å². The summed E-state index contributed by atoms with van der Waals surface area (Å²) in [5, 5.41) is 4.53. The van der Waals surface area contributed by atoms with Gasteiger partial charge >= 0.3 is 0 Å². The van der Waals surface area contributed by atoms with Crippen molar-refractivity contribution in [2.45, 2.75) is 26.3 Å². The van der Waals surface area contributed by atoms with Crippen LogP contribution in [-0.2, 0) is 6.42 Å². The quantitative estimate of drug-likeness (QED) is 0.934. The van der Waals surface area contributed by atoms with Gasteiger partial charge in [0.1, 0.15) is 5.75 Å². The number of fused-ring (bicyclic) bond motifs is 1. The van der Waals surface area contributed by atoms with Crippen LogP contribution in [0.25, 0.3) is 0 Å². The van der Waals surface area contributed by atoms with Crippen LogP contribution in [-0.4, -0.2) is 18.6 Å². The minimum atomic E-state index is 0.220. The third kappa shape index (κ3) is 2.26. The lowest BCUT2D eigenvalue weighted by Gasteiger charge is -2.16. The molecule has 1 atom stereocenters. The third-order valence-electron chi connectivity index (χ3n) is 3.54. The Morgan fingerprint density at radius 1 is 1.37 bits per heavy atom. The molecule has 0 bridgehead atoms. The highest BCUT2D eigenvalue weighted by molar-refractivity contribution is 7.11. The summed E-state index contributed by atoms with van der Waals surface area (Å²) >= 11 is 1.77. The first-order chi connectivity index (χ1) is 9.19. The van der Waals surface area contributed by atoms with Crippen LogP contribution in [0.1, 0.15) is 32.7 Å². The van der Waals surface area contributed by atoms with Gasteiger partial charge < -0.3 is 10.1 Å². The summed E-state index contributed by atoms with van der Waals surface area (Å²) in [5.74, 6) is 1.04. The molecule has 1 aromatic heterocycles. The zero-order valence-electron chi connectivity index (χ0n) is 11.5. The molecule has 0 saturated carbocycles. The molecule has 19 heavy (non-hydrogen) atoms. The van der Waals surface area contributed by atoms with Gasteiger partial charge in [-0.05, 0) is 38.1 Å². The molecular weight excluding hydrogens is 256 g/mol. The van der Waals surface area contributed by atoms with Gasteiger partial charge in [0.15, 0.2) is 0 Å². The minimum Gasteiger partial charge on any atom is -0.493 e. The highest BCUT2D eigenvalue weighted by atomic mass is 32.1. The van der Waals surface area contributed by atoms with Crippen LogP contribution >= 0.6 is 11.3 Å². The summed E-state index contributed by atoms with van der Waals surface area (Å²) in [7, 11) is 2.00. The van der Waals surface area contributed by atoms with Crippen LogP contribution in [0.15, 0.2) is 18.2 Å². The Morgan fingerprint density at radius 3 is 2.89 bits per heavy atom. The molecule has 3 rings (SSSR count). The maximum Gasteiger partial charge on any atom is 0.122 e. The van der Waals surface area contributed by atoms with Crippen molar-refractivity contribution in [2.24, 2.45) is 0 Å². The number of hydrogen-bond donors (Lipinski definition) is 1. The Labute approximate surface area is 117 Å². The number of aromatic nitrogens is 1. The van der Waals surface area contributed by atoms with E-state index in [1.807, 2.05) is 7.05 Å². The summed E-state index contributed by atoms with van der Waals surface area (Å²) < 4.78 is 5.57. The van der Waals surface area contributed by atoms with E-state index in [2.05, 4.69) is 42.3 Å². The Hall–Kier alpha value is -1.39. The van der Waals surface area contributed by atoms with E-state index < -0.39 is 0 Å². The number of ether oxygens (including phenoxy) is 1. The van der Waals surface area contributed by atoms with E-state index in [0.29, 0.717) is 0 Å². The van der Waals surface area contributed by atoms with Crippen molar-refractivity contribution in [2.75, 3.05) is 13.7 Å². The van der Waals surface area contributed by atoms with Crippen molar-refractivity contribution in [3.8, 4) is 5.75 Å². The van der Waals surface area contributed by atoms with E-state index in [1.54, 1.807) is 11.3 Å². The lowest BCUT2D eigenvalue weighted by molar-refractivity contribution is 0.357. The average Bonchev–Trinajstić information content (AvgIpc) is 2.97. The van der Waals surface area contributed by atoms with E-state index in [9.17, 15) is 0 Å². The fourth-order valence-corrected chi connectivity index (χ4v) is 3.72. The molecule has 2 heterocycles. The first-order valence-corrected chi connectivity index (χ1v) is 7.37.